The molecule has 2 aromatic heterocycles. The van der Waals surface area contributed by atoms with Crippen molar-refractivity contribution >= 4 is 26.6 Å². The molecule has 9 nitrogen and oxygen atoms in total. The maximum atomic E-state index is 12.8. The van der Waals surface area contributed by atoms with Crippen molar-refractivity contribution in [1.82, 2.24) is 19.9 Å². The Morgan fingerprint density at radius 3 is 2.78 bits per heavy atom. The molecule has 0 spiro atoms. The molecule has 0 radical (unpaired) electrons. The summed E-state index contributed by atoms with van der Waals surface area (Å²) in [5, 5.41) is 1.32. The van der Waals surface area contributed by atoms with Crippen LogP contribution in [0.25, 0.3) is 10.8 Å². The second-order valence-electron chi connectivity index (χ2n) is 8.35. The summed E-state index contributed by atoms with van der Waals surface area (Å²) < 4.78 is 40.1. The molecule has 0 bridgehead atoms. The van der Waals surface area contributed by atoms with E-state index in [-0.39, 0.29) is 16.8 Å². The molecule has 3 heterocycles. The standard InChI is InChI=1S/C26H25N5O4S/c1-19(24-17-31(13-14-34-24)16-20-5-3-2-4-6-20)35-26-23-8-7-22(15-21(23)9-12-28-26)36(32,33)30-25-10-11-27-18-29-25/h2-12,15,18,24H,1,13-14,16-17H2,(H,27,29,30). The molecule has 36 heavy (non-hydrogen) atoms. The number of hydrogen-bond acceptors (Lipinski definition) is 8. The second kappa shape index (κ2) is 10.4. The summed E-state index contributed by atoms with van der Waals surface area (Å²) in [5.74, 6) is 0.984. The Morgan fingerprint density at radius 1 is 1.11 bits per heavy atom. The van der Waals surface area contributed by atoms with Gasteiger partial charge in [-0.05, 0) is 41.3 Å². The van der Waals surface area contributed by atoms with Crippen molar-refractivity contribution in [3.05, 3.63) is 97.3 Å². The van der Waals surface area contributed by atoms with Gasteiger partial charge in [0.25, 0.3) is 10.0 Å². The third-order valence-corrected chi connectivity index (χ3v) is 7.17. The molecular weight excluding hydrogens is 478 g/mol. The van der Waals surface area contributed by atoms with Gasteiger partial charge in [-0.1, -0.05) is 36.9 Å². The minimum atomic E-state index is -3.83. The molecule has 5 rings (SSSR count). The predicted molar refractivity (Wildman–Crippen MR) is 136 cm³/mol. The van der Waals surface area contributed by atoms with E-state index in [1.165, 1.54) is 30.2 Å². The zero-order chi connectivity index (χ0) is 25.0. The van der Waals surface area contributed by atoms with E-state index in [0.717, 1.165) is 13.1 Å². The summed E-state index contributed by atoms with van der Waals surface area (Å²) in [6, 6.07) is 18.2. The highest BCUT2D eigenvalue weighted by atomic mass is 32.2. The van der Waals surface area contributed by atoms with Gasteiger partial charge >= 0.3 is 0 Å². The summed E-state index contributed by atoms with van der Waals surface area (Å²) in [4.78, 5) is 14.5. The number of anilines is 1. The lowest BCUT2D eigenvalue weighted by Crippen LogP contribution is -2.43. The van der Waals surface area contributed by atoms with Gasteiger partial charge < -0.3 is 9.47 Å². The fourth-order valence-electron chi connectivity index (χ4n) is 4.00. The Labute approximate surface area is 209 Å². The van der Waals surface area contributed by atoms with E-state index < -0.39 is 10.0 Å². The minimum Gasteiger partial charge on any atom is -0.441 e. The molecule has 10 heteroatoms. The van der Waals surface area contributed by atoms with Gasteiger partial charge in [0, 0.05) is 37.4 Å². The van der Waals surface area contributed by atoms with Crippen LogP contribution in [0.2, 0.25) is 0 Å². The topological polar surface area (TPSA) is 107 Å². The van der Waals surface area contributed by atoms with Crippen molar-refractivity contribution in [3.8, 4) is 5.88 Å². The maximum absolute atomic E-state index is 12.8. The van der Waals surface area contributed by atoms with Gasteiger partial charge in [0.15, 0.2) is 0 Å². The molecule has 0 amide bonds. The predicted octanol–water partition coefficient (Wildman–Crippen LogP) is 3.62. The third kappa shape index (κ3) is 5.51. The van der Waals surface area contributed by atoms with Crippen LogP contribution in [-0.2, 0) is 21.3 Å². The lowest BCUT2D eigenvalue weighted by molar-refractivity contribution is -0.0271. The van der Waals surface area contributed by atoms with Crippen molar-refractivity contribution in [1.29, 1.82) is 0 Å². The monoisotopic (exact) mass is 503 g/mol. The zero-order valence-corrected chi connectivity index (χ0v) is 20.3. The van der Waals surface area contributed by atoms with E-state index >= 15 is 0 Å². The lowest BCUT2D eigenvalue weighted by Gasteiger charge is -2.33. The van der Waals surface area contributed by atoms with Crippen LogP contribution in [0.5, 0.6) is 5.88 Å². The van der Waals surface area contributed by atoms with Crippen LogP contribution in [0.3, 0.4) is 0 Å². The quantitative estimate of drug-likeness (QED) is 0.364. The molecule has 2 aromatic carbocycles. The number of hydrogen-bond donors (Lipinski definition) is 1. The van der Waals surface area contributed by atoms with Gasteiger partial charge in [-0.3, -0.25) is 9.62 Å². The molecule has 1 aliphatic heterocycles. The van der Waals surface area contributed by atoms with E-state index in [2.05, 4.69) is 43.3 Å². The number of rotatable bonds is 8. The van der Waals surface area contributed by atoms with Gasteiger partial charge in [-0.15, -0.1) is 0 Å². The highest BCUT2D eigenvalue weighted by Crippen LogP contribution is 2.28. The number of aromatic nitrogens is 3. The smallest absolute Gasteiger partial charge is 0.263 e. The molecule has 1 aliphatic rings. The fourth-order valence-corrected chi connectivity index (χ4v) is 5.04. The minimum absolute atomic E-state index is 0.0942. The summed E-state index contributed by atoms with van der Waals surface area (Å²) in [5.41, 5.74) is 1.24. The molecule has 1 saturated heterocycles. The molecule has 1 N–H and O–H groups in total. The van der Waals surface area contributed by atoms with Gasteiger partial charge in [-0.2, -0.15) is 0 Å². The summed E-state index contributed by atoms with van der Waals surface area (Å²) in [6.07, 6.45) is 4.00. The third-order valence-electron chi connectivity index (χ3n) is 5.82. The summed E-state index contributed by atoms with van der Waals surface area (Å²) in [7, 11) is -3.83. The van der Waals surface area contributed by atoms with Crippen LogP contribution in [0.1, 0.15) is 5.56 Å². The van der Waals surface area contributed by atoms with Crippen LogP contribution in [0, 0.1) is 0 Å². The number of nitrogens with zero attached hydrogens (tertiary/aromatic N) is 4. The number of fused-ring (bicyclic) bond motifs is 1. The highest BCUT2D eigenvalue weighted by Gasteiger charge is 2.25. The van der Waals surface area contributed by atoms with Crippen molar-refractivity contribution in [2.24, 2.45) is 0 Å². The summed E-state index contributed by atoms with van der Waals surface area (Å²) >= 11 is 0. The summed E-state index contributed by atoms with van der Waals surface area (Å²) in [6.45, 7) is 6.96. The Morgan fingerprint density at radius 2 is 1.97 bits per heavy atom. The Bertz CT molecular complexity index is 1470. The number of sulfonamides is 1. The first-order chi connectivity index (χ1) is 17.5. The average Bonchev–Trinajstić information content (AvgIpc) is 2.89. The van der Waals surface area contributed by atoms with E-state index in [4.69, 9.17) is 9.47 Å². The number of pyridine rings is 1. The average molecular weight is 504 g/mol. The van der Waals surface area contributed by atoms with Crippen LogP contribution >= 0.6 is 0 Å². The van der Waals surface area contributed by atoms with Gasteiger partial charge in [-0.25, -0.2) is 23.4 Å². The first-order valence-corrected chi connectivity index (χ1v) is 12.9. The zero-order valence-electron chi connectivity index (χ0n) is 19.4. The van der Waals surface area contributed by atoms with E-state index in [1.807, 2.05) is 18.2 Å². The molecule has 4 aromatic rings. The largest absolute Gasteiger partial charge is 0.441 e. The maximum Gasteiger partial charge on any atom is 0.263 e. The molecular formula is C26H25N5O4S. The van der Waals surface area contributed by atoms with Crippen molar-refractivity contribution in [2.45, 2.75) is 17.5 Å². The Hall–Kier alpha value is -3.86. The van der Waals surface area contributed by atoms with Gasteiger partial charge in [0.2, 0.25) is 5.88 Å². The van der Waals surface area contributed by atoms with Crippen molar-refractivity contribution in [2.75, 3.05) is 24.4 Å². The SMILES string of the molecule is C=C(Oc1nccc2cc(S(=O)(=O)Nc3ccncn3)ccc12)C1CN(Cc2ccccc2)CCO1. The van der Waals surface area contributed by atoms with Gasteiger partial charge in [0.05, 0.1) is 11.5 Å². The molecule has 184 valence electrons. The second-order valence-corrected chi connectivity index (χ2v) is 10.0. The van der Waals surface area contributed by atoms with Crippen molar-refractivity contribution < 1.29 is 17.9 Å². The lowest BCUT2D eigenvalue weighted by atomic mass is 10.1. The Kier molecular flexibility index (Phi) is 6.90. The number of ether oxygens (including phenoxy) is 2. The first kappa shape index (κ1) is 23.9. The van der Waals surface area contributed by atoms with Crippen LogP contribution in [0.15, 0.2) is 96.6 Å². The van der Waals surface area contributed by atoms with Crippen LogP contribution < -0.4 is 9.46 Å². The van der Waals surface area contributed by atoms with E-state index in [1.54, 1.807) is 24.4 Å². The van der Waals surface area contributed by atoms with Gasteiger partial charge in [0.1, 0.15) is 24.0 Å². The number of nitrogens with one attached hydrogen (secondary N) is 1. The van der Waals surface area contributed by atoms with Crippen LogP contribution in [-0.4, -0.2) is 54.1 Å². The number of morpholine rings is 1. The highest BCUT2D eigenvalue weighted by molar-refractivity contribution is 7.92. The molecule has 0 saturated carbocycles. The first-order valence-electron chi connectivity index (χ1n) is 11.4. The molecule has 1 atom stereocenters. The normalized spacial score (nSPS) is 16.5. The molecule has 1 unspecified atom stereocenters. The van der Waals surface area contributed by atoms with E-state index in [0.29, 0.717) is 35.6 Å². The number of benzene rings is 2. The molecule has 0 aliphatic carbocycles. The fraction of sp³-hybridized carbons (Fsp3) is 0.192. The van der Waals surface area contributed by atoms with Crippen molar-refractivity contribution in [3.63, 3.8) is 0 Å². The van der Waals surface area contributed by atoms with Crippen LogP contribution in [0.4, 0.5) is 5.82 Å². The molecule has 1 fully saturated rings. The van der Waals surface area contributed by atoms with E-state index in [9.17, 15) is 8.42 Å². The Balaban J connectivity index is 1.30.